The zero-order valence-corrected chi connectivity index (χ0v) is 16.1. The molecule has 1 amide bonds. The Kier molecular flexibility index (Phi) is 5.38. The van der Waals surface area contributed by atoms with Crippen LogP contribution in [0.1, 0.15) is 15.9 Å². The molecular formula is C22H18N4O4. The van der Waals surface area contributed by atoms with Gasteiger partial charge in [0.15, 0.2) is 18.0 Å². The van der Waals surface area contributed by atoms with E-state index in [0.717, 1.165) is 5.56 Å². The van der Waals surface area contributed by atoms with Gasteiger partial charge in [-0.15, -0.1) is 10.2 Å². The van der Waals surface area contributed by atoms with Crippen molar-refractivity contribution in [2.24, 2.45) is 0 Å². The zero-order valence-electron chi connectivity index (χ0n) is 16.1. The Morgan fingerprint density at radius 3 is 2.67 bits per heavy atom. The van der Waals surface area contributed by atoms with Gasteiger partial charge in [-0.1, -0.05) is 29.8 Å². The van der Waals surface area contributed by atoms with Gasteiger partial charge in [0.2, 0.25) is 0 Å². The van der Waals surface area contributed by atoms with Crippen LogP contribution in [0.3, 0.4) is 0 Å². The number of carbonyl (C=O) groups is 2. The minimum atomic E-state index is -0.620. The minimum Gasteiger partial charge on any atom is -0.455 e. The molecule has 4 aromatic rings. The molecule has 1 N–H and O–H groups in total. The van der Waals surface area contributed by atoms with Crippen LogP contribution in [-0.4, -0.2) is 33.1 Å². The van der Waals surface area contributed by atoms with Crippen LogP contribution in [0.2, 0.25) is 0 Å². The number of ether oxygens (including phenoxy) is 2. The van der Waals surface area contributed by atoms with E-state index in [9.17, 15) is 9.59 Å². The summed E-state index contributed by atoms with van der Waals surface area (Å²) in [5, 5.41) is 10.3. The number of aromatic nitrogens is 3. The summed E-state index contributed by atoms with van der Waals surface area (Å²) in [4.78, 5) is 24.5. The normalized spacial score (nSPS) is 10.6. The van der Waals surface area contributed by atoms with Gasteiger partial charge in [-0.05, 0) is 43.3 Å². The maximum absolute atomic E-state index is 12.3. The number of rotatable bonds is 6. The summed E-state index contributed by atoms with van der Waals surface area (Å²) in [6.07, 6.45) is 3.02. The van der Waals surface area contributed by atoms with Crippen molar-refractivity contribution in [3.63, 3.8) is 0 Å². The predicted molar refractivity (Wildman–Crippen MR) is 110 cm³/mol. The van der Waals surface area contributed by atoms with Crippen LogP contribution in [0, 0.1) is 6.92 Å². The molecule has 0 aliphatic heterocycles. The summed E-state index contributed by atoms with van der Waals surface area (Å²) in [5.41, 5.74) is 2.49. The number of amides is 1. The third kappa shape index (κ3) is 4.44. The second-order valence-corrected chi connectivity index (χ2v) is 6.55. The Morgan fingerprint density at radius 2 is 1.83 bits per heavy atom. The monoisotopic (exact) mass is 402 g/mol. The second-order valence-electron chi connectivity index (χ2n) is 6.55. The summed E-state index contributed by atoms with van der Waals surface area (Å²) in [6.45, 7) is 1.56. The average molecular weight is 402 g/mol. The Balaban J connectivity index is 1.38. The largest absolute Gasteiger partial charge is 0.455 e. The van der Waals surface area contributed by atoms with Gasteiger partial charge in [0, 0.05) is 6.20 Å². The molecule has 150 valence electrons. The Hall–Kier alpha value is -4.20. The number of hydrogen-bond donors (Lipinski definition) is 1. The van der Waals surface area contributed by atoms with E-state index in [1.807, 2.05) is 31.2 Å². The van der Waals surface area contributed by atoms with E-state index < -0.39 is 18.5 Å². The number of nitrogens with one attached hydrogen (secondary N) is 1. The van der Waals surface area contributed by atoms with Crippen molar-refractivity contribution in [3.05, 3.63) is 84.3 Å². The maximum atomic E-state index is 12.3. The molecule has 30 heavy (non-hydrogen) atoms. The summed E-state index contributed by atoms with van der Waals surface area (Å²) in [5.74, 6) is 0.0378. The number of benzene rings is 2. The number of nitrogens with zero attached hydrogens (tertiary/aromatic N) is 3. The Labute approximate surface area is 172 Å². The lowest BCUT2D eigenvalue weighted by Crippen LogP contribution is -2.21. The number of aryl methyl sites for hydroxylation is 1. The number of fused-ring (bicyclic) bond motifs is 1. The van der Waals surface area contributed by atoms with E-state index in [-0.39, 0.29) is 0 Å². The first kappa shape index (κ1) is 19.1. The molecular weight excluding hydrogens is 384 g/mol. The Morgan fingerprint density at radius 1 is 1.03 bits per heavy atom. The van der Waals surface area contributed by atoms with Crippen molar-refractivity contribution in [1.82, 2.24) is 14.6 Å². The lowest BCUT2D eigenvalue weighted by molar-refractivity contribution is -0.119. The Bertz CT molecular complexity index is 1200. The van der Waals surface area contributed by atoms with Gasteiger partial charge < -0.3 is 14.8 Å². The van der Waals surface area contributed by atoms with Crippen LogP contribution >= 0.6 is 0 Å². The maximum Gasteiger partial charge on any atom is 0.340 e. The fourth-order valence-electron chi connectivity index (χ4n) is 2.74. The molecule has 0 aliphatic carbocycles. The molecule has 0 atom stereocenters. The van der Waals surface area contributed by atoms with Crippen molar-refractivity contribution in [2.45, 2.75) is 6.92 Å². The summed E-state index contributed by atoms with van der Waals surface area (Å²) in [7, 11) is 0. The van der Waals surface area contributed by atoms with Crippen LogP contribution in [0.25, 0.3) is 5.65 Å². The molecule has 0 saturated carbocycles. The van der Waals surface area contributed by atoms with E-state index in [4.69, 9.17) is 9.47 Å². The van der Waals surface area contributed by atoms with Crippen molar-refractivity contribution in [3.8, 4) is 11.5 Å². The van der Waals surface area contributed by atoms with Gasteiger partial charge >= 0.3 is 5.97 Å². The number of para-hydroxylation sites is 2. The number of pyridine rings is 1. The zero-order chi connectivity index (χ0) is 20.9. The summed E-state index contributed by atoms with van der Waals surface area (Å²) < 4.78 is 12.6. The molecule has 2 heterocycles. The quantitative estimate of drug-likeness (QED) is 0.495. The van der Waals surface area contributed by atoms with Crippen LogP contribution in [0.15, 0.2) is 73.2 Å². The average Bonchev–Trinajstić information content (AvgIpc) is 3.23. The summed E-state index contributed by atoms with van der Waals surface area (Å²) >= 11 is 0. The number of hydrogen-bond acceptors (Lipinski definition) is 6. The standard InChI is InChI=1S/C22H18N4O4/c1-15-6-9-17(10-7-15)30-19-5-3-2-4-18(19)24-21(27)13-29-22(28)16-8-11-20-25-23-14-26(20)12-16/h2-12,14H,13H2,1H3,(H,24,27). The molecule has 0 spiro atoms. The summed E-state index contributed by atoms with van der Waals surface area (Å²) in [6, 6.07) is 17.8. The van der Waals surface area contributed by atoms with E-state index in [0.29, 0.717) is 28.4 Å². The SMILES string of the molecule is Cc1ccc(Oc2ccccc2NC(=O)COC(=O)c2ccc3nncn3c2)cc1. The molecule has 2 aromatic heterocycles. The first-order valence-electron chi connectivity index (χ1n) is 9.18. The van der Waals surface area contributed by atoms with Gasteiger partial charge in [0.1, 0.15) is 12.1 Å². The van der Waals surface area contributed by atoms with E-state index >= 15 is 0 Å². The number of anilines is 1. The van der Waals surface area contributed by atoms with Crippen LogP contribution in [0.4, 0.5) is 5.69 Å². The molecule has 0 aliphatic rings. The highest BCUT2D eigenvalue weighted by atomic mass is 16.5. The van der Waals surface area contributed by atoms with E-state index in [1.54, 1.807) is 47.0 Å². The first-order valence-corrected chi connectivity index (χ1v) is 9.18. The van der Waals surface area contributed by atoms with Gasteiger partial charge in [0.05, 0.1) is 11.3 Å². The highest BCUT2D eigenvalue weighted by molar-refractivity contribution is 5.96. The molecule has 8 nitrogen and oxygen atoms in total. The fourth-order valence-corrected chi connectivity index (χ4v) is 2.74. The van der Waals surface area contributed by atoms with Crippen LogP contribution in [-0.2, 0) is 9.53 Å². The molecule has 0 fully saturated rings. The van der Waals surface area contributed by atoms with Crippen molar-refractivity contribution >= 4 is 23.2 Å². The lowest BCUT2D eigenvalue weighted by atomic mass is 10.2. The number of carbonyl (C=O) groups excluding carboxylic acids is 2. The lowest BCUT2D eigenvalue weighted by Gasteiger charge is -2.12. The topological polar surface area (TPSA) is 94.8 Å². The van der Waals surface area contributed by atoms with Gasteiger partial charge in [-0.2, -0.15) is 0 Å². The van der Waals surface area contributed by atoms with Crippen LogP contribution in [0.5, 0.6) is 11.5 Å². The first-order chi connectivity index (χ1) is 14.6. The van der Waals surface area contributed by atoms with Crippen LogP contribution < -0.4 is 10.1 Å². The van der Waals surface area contributed by atoms with E-state index in [2.05, 4.69) is 15.5 Å². The highest BCUT2D eigenvalue weighted by Gasteiger charge is 2.13. The molecule has 0 unspecified atom stereocenters. The molecule has 8 heteroatoms. The molecule has 0 radical (unpaired) electrons. The third-order valence-electron chi connectivity index (χ3n) is 4.27. The van der Waals surface area contributed by atoms with Crippen molar-refractivity contribution in [2.75, 3.05) is 11.9 Å². The minimum absolute atomic E-state index is 0.290. The number of esters is 1. The highest BCUT2D eigenvalue weighted by Crippen LogP contribution is 2.29. The smallest absolute Gasteiger partial charge is 0.340 e. The predicted octanol–water partition coefficient (Wildman–Crippen LogP) is 3.63. The third-order valence-corrected chi connectivity index (χ3v) is 4.27. The van der Waals surface area contributed by atoms with Gasteiger partial charge in [-0.25, -0.2) is 4.79 Å². The fraction of sp³-hybridized carbons (Fsp3) is 0.0909. The van der Waals surface area contributed by atoms with E-state index in [1.165, 1.54) is 6.33 Å². The second kappa shape index (κ2) is 8.44. The molecule has 4 rings (SSSR count). The molecule has 0 bridgehead atoms. The van der Waals surface area contributed by atoms with Crippen molar-refractivity contribution in [1.29, 1.82) is 0 Å². The van der Waals surface area contributed by atoms with Gasteiger partial charge in [-0.3, -0.25) is 9.20 Å². The van der Waals surface area contributed by atoms with Gasteiger partial charge in [0.25, 0.3) is 5.91 Å². The molecule has 2 aromatic carbocycles. The van der Waals surface area contributed by atoms with Crippen molar-refractivity contribution < 1.29 is 19.1 Å². The molecule has 0 saturated heterocycles.